The summed E-state index contributed by atoms with van der Waals surface area (Å²) in [6.07, 6.45) is 1.56. The fraction of sp³-hybridized carbons (Fsp3) is 0.222. The highest BCUT2D eigenvalue weighted by atomic mass is 16.6. The second-order valence-corrected chi connectivity index (χ2v) is 5.28. The second-order valence-electron chi connectivity index (χ2n) is 5.28. The van der Waals surface area contributed by atoms with Crippen LogP contribution in [0.4, 0.5) is 5.69 Å². The van der Waals surface area contributed by atoms with Crippen LogP contribution in [0.2, 0.25) is 0 Å². The van der Waals surface area contributed by atoms with Crippen LogP contribution >= 0.6 is 0 Å². The van der Waals surface area contributed by atoms with Gasteiger partial charge in [0.1, 0.15) is 19.0 Å². The maximum atomic E-state index is 11.8. The van der Waals surface area contributed by atoms with Crippen LogP contribution in [-0.2, 0) is 4.79 Å². The van der Waals surface area contributed by atoms with Crippen molar-refractivity contribution in [1.29, 1.82) is 0 Å². The Hall–Kier alpha value is -3.22. The van der Waals surface area contributed by atoms with Crippen molar-refractivity contribution in [3.05, 3.63) is 48.0 Å². The fourth-order valence-electron chi connectivity index (χ4n) is 2.25. The van der Waals surface area contributed by atoms with Crippen molar-refractivity contribution in [3.63, 3.8) is 0 Å². The number of hydrazone groups is 1. The van der Waals surface area contributed by atoms with Crippen LogP contribution in [0.5, 0.6) is 17.2 Å². The topological polar surface area (TPSA) is 81.2 Å². The molecule has 25 heavy (non-hydrogen) atoms. The Kier molecular flexibility index (Phi) is 5.36. The highest BCUT2D eigenvalue weighted by Crippen LogP contribution is 2.30. The number of carbonyl (C=O) groups excluding carboxylic acids is 1. The summed E-state index contributed by atoms with van der Waals surface area (Å²) < 4.78 is 16.0. The highest BCUT2D eigenvalue weighted by molar-refractivity contribution is 5.84. The van der Waals surface area contributed by atoms with Gasteiger partial charge in [0, 0.05) is 5.69 Å². The van der Waals surface area contributed by atoms with Gasteiger partial charge in [-0.3, -0.25) is 4.79 Å². The third-order valence-electron chi connectivity index (χ3n) is 3.51. The van der Waals surface area contributed by atoms with Gasteiger partial charge in [-0.1, -0.05) is 0 Å². The number of amides is 1. The number of nitrogens with zero attached hydrogens (tertiary/aromatic N) is 1. The summed E-state index contributed by atoms with van der Waals surface area (Å²) >= 11 is 0. The van der Waals surface area contributed by atoms with Gasteiger partial charge in [-0.05, 0) is 48.0 Å². The number of methoxy groups -OCH3 is 1. The van der Waals surface area contributed by atoms with E-state index in [4.69, 9.17) is 14.2 Å². The summed E-state index contributed by atoms with van der Waals surface area (Å²) in [4.78, 5) is 11.8. The molecule has 2 aromatic rings. The molecule has 0 radical (unpaired) electrons. The van der Waals surface area contributed by atoms with Crippen molar-refractivity contribution in [2.75, 3.05) is 32.2 Å². The van der Waals surface area contributed by atoms with Crippen LogP contribution in [0.25, 0.3) is 0 Å². The third kappa shape index (κ3) is 4.63. The van der Waals surface area contributed by atoms with Gasteiger partial charge in [-0.2, -0.15) is 5.10 Å². The first-order valence-electron chi connectivity index (χ1n) is 7.84. The van der Waals surface area contributed by atoms with E-state index in [0.29, 0.717) is 19.0 Å². The van der Waals surface area contributed by atoms with Crippen LogP contribution in [0, 0.1) is 0 Å². The molecule has 1 heterocycles. The molecule has 7 heteroatoms. The molecule has 0 fully saturated rings. The van der Waals surface area contributed by atoms with Crippen LogP contribution < -0.4 is 25.0 Å². The summed E-state index contributed by atoms with van der Waals surface area (Å²) in [6, 6.07) is 12.8. The average Bonchev–Trinajstić information content (AvgIpc) is 2.66. The lowest BCUT2D eigenvalue weighted by Crippen LogP contribution is -2.25. The van der Waals surface area contributed by atoms with E-state index in [1.54, 1.807) is 13.3 Å². The molecule has 0 spiro atoms. The Bertz CT molecular complexity index is 759. The Morgan fingerprint density at radius 3 is 2.68 bits per heavy atom. The normalized spacial score (nSPS) is 12.7. The van der Waals surface area contributed by atoms with Gasteiger partial charge < -0.3 is 19.5 Å². The molecule has 2 aromatic carbocycles. The van der Waals surface area contributed by atoms with E-state index < -0.39 is 0 Å². The molecule has 3 rings (SSSR count). The number of ether oxygens (including phenoxy) is 3. The average molecular weight is 341 g/mol. The van der Waals surface area contributed by atoms with E-state index >= 15 is 0 Å². The second kappa shape index (κ2) is 8.05. The quantitative estimate of drug-likeness (QED) is 0.621. The minimum Gasteiger partial charge on any atom is -0.497 e. The Labute approximate surface area is 145 Å². The molecule has 0 atom stereocenters. The van der Waals surface area contributed by atoms with Crippen LogP contribution in [-0.4, -0.2) is 39.0 Å². The molecule has 2 N–H and O–H groups in total. The van der Waals surface area contributed by atoms with Crippen molar-refractivity contribution < 1.29 is 19.0 Å². The van der Waals surface area contributed by atoms with Crippen molar-refractivity contribution in [2.45, 2.75) is 0 Å². The van der Waals surface area contributed by atoms with Gasteiger partial charge in [0.15, 0.2) is 11.5 Å². The smallest absolute Gasteiger partial charge is 0.259 e. The molecule has 1 amide bonds. The molecule has 1 aliphatic rings. The molecule has 0 bridgehead atoms. The molecule has 1 aliphatic heterocycles. The Balaban J connectivity index is 1.47. The standard InChI is InChI=1S/C18H19N3O4/c1-23-15-5-3-14(4-6-15)19-12-18(22)21-20-11-13-2-7-16-17(10-13)25-9-8-24-16/h2-7,10-11,19H,8-9,12H2,1H3,(H,21,22)/b20-11+. The molecule has 130 valence electrons. The Morgan fingerprint density at radius 2 is 1.92 bits per heavy atom. The zero-order valence-electron chi connectivity index (χ0n) is 13.8. The van der Waals surface area contributed by atoms with Gasteiger partial charge in [0.25, 0.3) is 5.91 Å². The summed E-state index contributed by atoms with van der Waals surface area (Å²) in [7, 11) is 1.61. The van der Waals surface area contributed by atoms with E-state index in [0.717, 1.165) is 22.7 Å². The number of hydrogen-bond donors (Lipinski definition) is 2. The summed E-state index contributed by atoms with van der Waals surface area (Å²) in [6.45, 7) is 1.20. The first-order valence-corrected chi connectivity index (χ1v) is 7.84. The van der Waals surface area contributed by atoms with Gasteiger partial charge in [-0.25, -0.2) is 5.43 Å². The van der Waals surface area contributed by atoms with E-state index in [1.807, 2.05) is 42.5 Å². The molecule has 0 aromatic heterocycles. The molecule has 0 saturated heterocycles. The molecular formula is C18H19N3O4. The lowest BCUT2D eigenvalue weighted by Gasteiger charge is -2.18. The summed E-state index contributed by atoms with van der Waals surface area (Å²) in [5.41, 5.74) is 4.11. The summed E-state index contributed by atoms with van der Waals surface area (Å²) in [5, 5.41) is 6.96. The first-order chi connectivity index (χ1) is 12.2. The van der Waals surface area contributed by atoms with Crippen LogP contribution in [0.3, 0.4) is 0 Å². The van der Waals surface area contributed by atoms with Gasteiger partial charge in [0.2, 0.25) is 0 Å². The highest BCUT2D eigenvalue weighted by Gasteiger charge is 2.10. The zero-order valence-corrected chi connectivity index (χ0v) is 13.8. The number of nitrogens with one attached hydrogen (secondary N) is 2. The maximum absolute atomic E-state index is 11.8. The van der Waals surface area contributed by atoms with Gasteiger partial charge >= 0.3 is 0 Å². The number of carbonyl (C=O) groups is 1. The molecular weight excluding hydrogens is 322 g/mol. The number of anilines is 1. The Morgan fingerprint density at radius 1 is 1.16 bits per heavy atom. The summed E-state index contributed by atoms with van der Waals surface area (Å²) in [5.74, 6) is 1.92. The molecule has 0 unspecified atom stereocenters. The van der Waals surface area contributed by atoms with Crippen molar-refractivity contribution >= 4 is 17.8 Å². The third-order valence-corrected chi connectivity index (χ3v) is 3.51. The lowest BCUT2D eigenvalue weighted by atomic mass is 10.2. The van der Waals surface area contributed by atoms with Gasteiger partial charge in [0.05, 0.1) is 19.9 Å². The van der Waals surface area contributed by atoms with E-state index in [1.165, 1.54) is 0 Å². The van der Waals surface area contributed by atoms with Crippen LogP contribution in [0.15, 0.2) is 47.6 Å². The number of benzene rings is 2. The minimum absolute atomic E-state index is 0.116. The first kappa shape index (κ1) is 16.6. The monoisotopic (exact) mass is 341 g/mol. The van der Waals surface area contributed by atoms with Gasteiger partial charge in [-0.15, -0.1) is 0 Å². The fourth-order valence-corrected chi connectivity index (χ4v) is 2.25. The van der Waals surface area contributed by atoms with E-state index in [-0.39, 0.29) is 12.5 Å². The van der Waals surface area contributed by atoms with E-state index in [2.05, 4.69) is 15.8 Å². The van der Waals surface area contributed by atoms with E-state index in [9.17, 15) is 4.79 Å². The predicted octanol–water partition coefficient (Wildman–Crippen LogP) is 2.03. The van der Waals surface area contributed by atoms with Crippen molar-refractivity contribution in [2.24, 2.45) is 5.10 Å². The van der Waals surface area contributed by atoms with Crippen LogP contribution in [0.1, 0.15) is 5.56 Å². The number of hydrogen-bond acceptors (Lipinski definition) is 6. The predicted molar refractivity (Wildman–Crippen MR) is 94.7 cm³/mol. The lowest BCUT2D eigenvalue weighted by molar-refractivity contribution is -0.119. The van der Waals surface area contributed by atoms with Crippen molar-refractivity contribution in [1.82, 2.24) is 5.43 Å². The molecule has 7 nitrogen and oxygen atoms in total. The number of fused-ring (bicyclic) bond motifs is 1. The minimum atomic E-state index is -0.246. The maximum Gasteiger partial charge on any atom is 0.259 e. The molecule has 0 aliphatic carbocycles. The number of rotatable bonds is 6. The molecule has 0 saturated carbocycles. The zero-order chi connectivity index (χ0) is 17.5. The SMILES string of the molecule is COc1ccc(NCC(=O)N/N=C/c2ccc3c(c2)OCCO3)cc1. The largest absolute Gasteiger partial charge is 0.497 e. The van der Waals surface area contributed by atoms with Crippen molar-refractivity contribution in [3.8, 4) is 17.2 Å².